The van der Waals surface area contributed by atoms with Crippen LogP contribution in [0.3, 0.4) is 0 Å². The Morgan fingerprint density at radius 3 is 2.40 bits per heavy atom. The number of methoxy groups -OCH3 is 1. The minimum atomic E-state index is -4.55. The zero-order chi connectivity index (χ0) is 11.6. The number of aldehydes is 1. The normalized spacial score (nSPS) is 11.3. The van der Waals surface area contributed by atoms with Crippen molar-refractivity contribution < 1.29 is 22.7 Å². The molecule has 2 nitrogen and oxygen atoms in total. The molecular weight excluding hydrogens is 277 g/mol. The minimum Gasteiger partial charge on any atom is -0.495 e. The maximum absolute atomic E-state index is 12.5. The van der Waals surface area contributed by atoms with Crippen LogP contribution >= 0.6 is 15.9 Å². The van der Waals surface area contributed by atoms with Crippen molar-refractivity contribution in [2.24, 2.45) is 0 Å². The van der Waals surface area contributed by atoms with E-state index >= 15 is 0 Å². The molecule has 0 aliphatic heterocycles. The number of halogens is 4. The molecule has 1 rings (SSSR count). The summed E-state index contributed by atoms with van der Waals surface area (Å²) in [6.45, 7) is 0. The monoisotopic (exact) mass is 282 g/mol. The van der Waals surface area contributed by atoms with Gasteiger partial charge < -0.3 is 4.74 Å². The Morgan fingerprint density at radius 2 is 2.00 bits per heavy atom. The van der Waals surface area contributed by atoms with E-state index in [9.17, 15) is 18.0 Å². The van der Waals surface area contributed by atoms with Crippen molar-refractivity contribution in [3.63, 3.8) is 0 Å². The first-order valence-electron chi connectivity index (χ1n) is 3.80. The zero-order valence-electron chi connectivity index (χ0n) is 7.56. The molecule has 0 aliphatic rings. The molecule has 0 saturated heterocycles. The highest BCUT2D eigenvalue weighted by molar-refractivity contribution is 9.10. The maximum atomic E-state index is 12.5. The number of alkyl halides is 3. The van der Waals surface area contributed by atoms with Gasteiger partial charge in [-0.3, -0.25) is 4.79 Å². The standard InChI is InChI=1S/C9H6BrF3O2/c1-15-8-6(9(11,12)13)2-5(4-14)3-7(8)10/h2-4H,1H3. The smallest absolute Gasteiger partial charge is 0.420 e. The third kappa shape index (κ3) is 2.50. The van der Waals surface area contributed by atoms with Crippen molar-refractivity contribution in [3.8, 4) is 5.75 Å². The Bertz CT molecular complexity index is 388. The van der Waals surface area contributed by atoms with E-state index in [4.69, 9.17) is 0 Å². The lowest BCUT2D eigenvalue weighted by Crippen LogP contribution is -2.08. The quantitative estimate of drug-likeness (QED) is 0.778. The second-order valence-electron chi connectivity index (χ2n) is 2.70. The number of benzene rings is 1. The van der Waals surface area contributed by atoms with E-state index in [2.05, 4.69) is 20.7 Å². The molecule has 0 aliphatic carbocycles. The van der Waals surface area contributed by atoms with Gasteiger partial charge in [0.05, 0.1) is 17.1 Å². The lowest BCUT2D eigenvalue weighted by Gasteiger charge is -2.13. The molecule has 0 aromatic heterocycles. The zero-order valence-corrected chi connectivity index (χ0v) is 9.15. The molecule has 0 atom stereocenters. The van der Waals surface area contributed by atoms with Crippen LogP contribution in [0.1, 0.15) is 15.9 Å². The molecular formula is C9H6BrF3O2. The van der Waals surface area contributed by atoms with Gasteiger partial charge in [0.25, 0.3) is 0 Å². The van der Waals surface area contributed by atoms with E-state index in [1.54, 1.807) is 0 Å². The molecule has 0 spiro atoms. The van der Waals surface area contributed by atoms with Crippen LogP contribution in [0.4, 0.5) is 13.2 Å². The Balaban J connectivity index is 3.45. The molecule has 0 radical (unpaired) electrons. The molecule has 6 heteroatoms. The van der Waals surface area contributed by atoms with Crippen LogP contribution in [-0.2, 0) is 6.18 Å². The van der Waals surface area contributed by atoms with Crippen molar-refractivity contribution in [1.82, 2.24) is 0 Å². The van der Waals surface area contributed by atoms with E-state index in [0.717, 1.165) is 13.2 Å². The molecule has 1 aromatic rings. The first-order valence-corrected chi connectivity index (χ1v) is 4.59. The van der Waals surface area contributed by atoms with Gasteiger partial charge in [0.15, 0.2) is 0 Å². The molecule has 15 heavy (non-hydrogen) atoms. The third-order valence-electron chi connectivity index (χ3n) is 1.71. The number of carbonyl (C=O) groups excluding carboxylic acids is 1. The highest BCUT2D eigenvalue weighted by atomic mass is 79.9. The summed E-state index contributed by atoms with van der Waals surface area (Å²) in [6, 6.07) is 2.01. The van der Waals surface area contributed by atoms with Gasteiger partial charge in [-0.15, -0.1) is 0 Å². The summed E-state index contributed by atoms with van der Waals surface area (Å²) in [6.07, 6.45) is -4.20. The van der Waals surface area contributed by atoms with Gasteiger partial charge in [-0.1, -0.05) is 0 Å². The highest BCUT2D eigenvalue weighted by Crippen LogP contribution is 2.40. The van der Waals surface area contributed by atoms with Gasteiger partial charge >= 0.3 is 6.18 Å². The Labute approximate surface area is 92.2 Å². The maximum Gasteiger partial charge on any atom is 0.420 e. The van der Waals surface area contributed by atoms with E-state index in [1.165, 1.54) is 6.07 Å². The minimum absolute atomic E-state index is 0.0602. The average molecular weight is 283 g/mol. The molecule has 0 heterocycles. The number of hydrogen-bond acceptors (Lipinski definition) is 2. The van der Waals surface area contributed by atoms with E-state index in [1.807, 2.05) is 0 Å². The number of rotatable bonds is 2. The fourth-order valence-corrected chi connectivity index (χ4v) is 1.74. The topological polar surface area (TPSA) is 26.3 Å². The summed E-state index contributed by atoms with van der Waals surface area (Å²) < 4.78 is 42.3. The summed E-state index contributed by atoms with van der Waals surface area (Å²) in [4.78, 5) is 10.4. The molecule has 82 valence electrons. The largest absolute Gasteiger partial charge is 0.495 e. The lowest BCUT2D eigenvalue weighted by atomic mass is 10.1. The van der Waals surface area contributed by atoms with Gasteiger partial charge in [-0.25, -0.2) is 0 Å². The van der Waals surface area contributed by atoms with Crippen LogP contribution in [-0.4, -0.2) is 13.4 Å². The third-order valence-corrected chi connectivity index (χ3v) is 2.30. The highest BCUT2D eigenvalue weighted by Gasteiger charge is 2.35. The van der Waals surface area contributed by atoms with E-state index < -0.39 is 11.7 Å². The second-order valence-corrected chi connectivity index (χ2v) is 3.55. The van der Waals surface area contributed by atoms with E-state index in [-0.39, 0.29) is 15.8 Å². The Morgan fingerprint density at radius 1 is 1.40 bits per heavy atom. The van der Waals surface area contributed by atoms with Crippen molar-refractivity contribution in [1.29, 1.82) is 0 Å². The molecule has 0 saturated carbocycles. The summed E-state index contributed by atoms with van der Waals surface area (Å²) >= 11 is 2.91. The second kappa shape index (κ2) is 4.22. The molecule has 0 fully saturated rings. The molecule has 0 bridgehead atoms. The summed E-state index contributed by atoms with van der Waals surface area (Å²) in [5.41, 5.74) is -1.03. The SMILES string of the molecule is COc1c(Br)cc(C=O)cc1C(F)(F)F. The van der Waals surface area contributed by atoms with Crippen molar-refractivity contribution in [2.75, 3.05) is 7.11 Å². The van der Waals surface area contributed by atoms with Crippen LogP contribution in [0.15, 0.2) is 16.6 Å². The number of carbonyl (C=O) groups is 1. The van der Waals surface area contributed by atoms with Crippen LogP contribution in [0.25, 0.3) is 0 Å². The molecule has 0 N–H and O–H groups in total. The first kappa shape index (κ1) is 12.0. The molecule has 1 aromatic carbocycles. The molecule has 0 amide bonds. The fourth-order valence-electron chi connectivity index (χ4n) is 1.10. The summed E-state index contributed by atoms with van der Waals surface area (Å²) in [5, 5.41) is 0. The first-order chi connectivity index (χ1) is 6.90. The Kier molecular flexibility index (Phi) is 3.38. The van der Waals surface area contributed by atoms with Crippen molar-refractivity contribution >= 4 is 22.2 Å². The van der Waals surface area contributed by atoms with E-state index in [0.29, 0.717) is 6.29 Å². The van der Waals surface area contributed by atoms with Crippen molar-refractivity contribution in [2.45, 2.75) is 6.18 Å². The van der Waals surface area contributed by atoms with Crippen LogP contribution in [0.2, 0.25) is 0 Å². The predicted octanol–water partition coefficient (Wildman–Crippen LogP) is 3.29. The number of ether oxygens (including phenoxy) is 1. The fraction of sp³-hybridized carbons (Fsp3) is 0.222. The number of hydrogen-bond donors (Lipinski definition) is 0. The average Bonchev–Trinajstić information content (AvgIpc) is 2.15. The van der Waals surface area contributed by atoms with Gasteiger partial charge in [0, 0.05) is 5.56 Å². The van der Waals surface area contributed by atoms with Gasteiger partial charge in [0.2, 0.25) is 0 Å². The van der Waals surface area contributed by atoms with Gasteiger partial charge in [-0.2, -0.15) is 13.2 Å². The predicted molar refractivity (Wildman–Crippen MR) is 51.1 cm³/mol. The van der Waals surface area contributed by atoms with Crippen LogP contribution in [0.5, 0.6) is 5.75 Å². The van der Waals surface area contributed by atoms with Gasteiger partial charge in [-0.05, 0) is 28.1 Å². The molecule has 0 unspecified atom stereocenters. The summed E-state index contributed by atoms with van der Waals surface area (Å²) in [7, 11) is 1.13. The summed E-state index contributed by atoms with van der Waals surface area (Å²) in [5.74, 6) is -0.326. The van der Waals surface area contributed by atoms with Gasteiger partial charge in [0.1, 0.15) is 12.0 Å². The van der Waals surface area contributed by atoms with Crippen molar-refractivity contribution in [3.05, 3.63) is 27.7 Å². The van der Waals surface area contributed by atoms with Crippen LogP contribution in [0, 0.1) is 0 Å². The lowest BCUT2D eigenvalue weighted by molar-refractivity contribution is -0.138. The van der Waals surface area contributed by atoms with Crippen LogP contribution < -0.4 is 4.74 Å². The Hall–Kier alpha value is -1.04.